The lowest BCUT2D eigenvalue weighted by Crippen LogP contribution is -1.96. The molecule has 5 heteroatoms. The van der Waals surface area contributed by atoms with Crippen LogP contribution in [-0.4, -0.2) is 20.2 Å². The summed E-state index contributed by atoms with van der Waals surface area (Å²) < 4.78 is 6.37. The van der Waals surface area contributed by atoms with Crippen LogP contribution in [-0.2, 0) is 0 Å². The van der Waals surface area contributed by atoms with Crippen LogP contribution in [0.2, 0.25) is 0 Å². The van der Waals surface area contributed by atoms with Crippen LogP contribution in [0.25, 0.3) is 88.9 Å². The number of benzene rings is 6. The minimum atomic E-state index is 0.586. The van der Waals surface area contributed by atoms with Crippen molar-refractivity contribution in [2.45, 2.75) is 0 Å². The molecule has 0 amide bonds. The van der Waals surface area contributed by atoms with Crippen molar-refractivity contribution < 1.29 is 4.42 Å². The Balaban J connectivity index is 1.17. The van der Waals surface area contributed by atoms with Crippen molar-refractivity contribution in [2.24, 2.45) is 0 Å². The number of hydrogen-bond acceptors (Lipinski definition) is 5. The van der Waals surface area contributed by atoms with E-state index in [0.717, 1.165) is 61.0 Å². The van der Waals surface area contributed by atoms with Crippen LogP contribution in [0.1, 0.15) is 0 Å². The van der Waals surface area contributed by atoms with Crippen molar-refractivity contribution >= 4 is 32.7 Å². The summed E-state index contributed by atoms with van der Waals surface area (Å²) in [6.07, 6.45) is 3.36. The lowest BCUT2D eigenvalue weighted by atomic mass is 9.98. The van der Waals surface area contributed by atoms with Crippen molar-refractivity contribution in [1.82, 2.24) is 20.2 Å². The summed E-state index contributed by atoms with van der Waals surface area (Å²) in [7, 11) is 0. The molecule has 0 radical (unpaired) electrons. The van der Waals surface area contributed by atoms with Gasteiger partial charge in [0.2, 0.25) is 0 Å². The van der Waals surface area contributed by atoms with Gasteiger partial charge in [-0.05, 0) is 81.6 Å². The highest BCUT2D eigenvalue weighted by Gasteiger charge is 2.15. The van der Waals surface area contributed by atoms with Crippen LogP contribution in [0.4, 0.5) is 0 Å². The summed E-state index contributed by atoms with van der Waals surface area (Å²) in [5.74, 6) is 0.586. The summed E-state index contributed by atoms with van der Waals surface area (Å²) in [4.78, 5) is 10.0. The van der Waals surface area contributed by atoms with E-state index in [2.05, 4.69) is 138 Å². The van der Waals surface area contributed by atoms with Gasteiger partial charge in [-0.2, -0.15) is 10.2 Å². The summed E-state index contributed by atoms with van der Waals surface area (Å²) in [5.41, 5.74) is 10.7. The maximum absolute atomic E-state index is 6.37. The second-order valence-corrected chi connectivity index (χ2v) is 11.6. The van der Waals surface area contributed by atoms with Gasteiger partial charge in [0.1, 0.15) is 11.2 Å². The van der Waals surface area contributed by atoms with Gasteiger partial charge in [-0.15, -0.1) is 0 Å². The SMILES string of the molecule is c1ccc(-c2ccc3ccc(-c4cc(-c5ccc6c(c5)oc5ccc(-c7ccccc7)cc56)nc(-c5ccnnc5)n4)cc3c2)cc1. The van der Waals surface area contributed by atoms with Crippen molar-refractivity contribution in [1.29, 1.82) is 0 Å². The Morgan fingerprint density at radius 1 is 0.383 bits per heavy atom. The van der Waals surface area contributed by atoms with E-state index in [-0.39, 0.29) is 0 Å². The lowest BCUT2D eigenvalue weighted by molar-refractivity contribution is 0.669. The highest BCUT2D eigenvalue weighted by Crippen LogP contribution is 2.36. The molecule has 0 atom stereocenters. The van der Waals surface area contributed by atoms with E-state index in [9.17, 15) is 0 Å². The third-order valence-electron chi connectivity index (χ3n) is 8.69. The van der Waals surface area contributed by atoms with Gasteiger partial charge in [-0.1, -0.05) is 97.1 Å². The maximum Gasteiger partial charge on any atom is 0.162 e. The minimum absolute atomic E-state index is 0.586. The number of fused-ring (bicyclic) bond motifs is 4. The van der Waals surface area contributed by atoms with Crippen molar-refractivity contribution in [3.63, 3.8) is 0 Å². The Hall–Kier alpha value is -6.46. The van der Waals surface area contributed by atoms with Gasteiger partial charge in [0.25, 0.3) is 0 Å². The van der Waals surface area contributed by atoms with Gasteiger partial charge in [0.05, 0.1) is 23.8 Å². The Morgan fingerprint density at radius 2 is 1.02 bits per heavy atom. The Kier molecular flexibility index (Phi) is 6.39. The second-order valence-electron chi connectivity index (χ2n) is 11.6. The molecule has 9 rings (SSSR count). The standard InChI is InChI=1S/C42H26N4O/c1-3-7-27(8-4-1)30-13-11-29-12-14-32(22-35(29)21-30)38-25-39(46-42(45-38)34-19-20-43-44-26-34)33-15-17-36-37-23-31(28-9-5-2-6-10-28)16-18-40(37)47-41(36)24-33/h1-26H. The third-order valence-corrected chi connectivity index (χ3v) is 8.69. The van der Waals surface area contributed by atoms with Gasteiger partial charge in [-0.3, -0.25) is 0 Å². The highest BCUT2D eigenvalue weighted by molar-refractivity contribution is 6.07. The van der Waals surface area contributed by atoms with E-state index < -0.39 is 0 Å². The van der Waals surface area contributed by atoms with Crippen LogP contribution in [0.3, 0.4) is 0 Å². The molecule has 0 saturated carbocycles. The van der Waals surface area contributed by atoms with Gasteiger partial charge in [0.15, 0.2) is 5.82 Å². The zero-order valence-electron chi connectivity index (χ0n) is 25.2. The number of hydrogen-bond donors (Lipinski definition) is 0. The Labute approximate surface area is 270 Å². The molecule has 0 bridgehead atoms. The van der Waals surface area contributed by atoms with Crippen LogP contribution in [0, 0.1) is 0 Å². The molecule has 5 nitrogen and oxygen atoms in total. The molecule has 0 aliphatic rings. The molecular weight excluding hydrogens is 576 g/mol. The topological polar surface area (TPSA) is 64.7 Å². The summed E-state index contributed by atoms with van der Waals surface area (Å²) in [5, 5.41) is 12.5. The Bertz CT molecular complexity index is 2560. The summed E-state index contributed by atoms with van der Waals surface area (Å²) in [6.45, 7) is 0. The quantitative estimate of drug-likeness (QED) is 0.196. The van der Waals surface area contributed by atoms with Gasteiger partial charge in [-0.25, -0.2) is 9.97 Å². The number of rotatable bonds is 5. The van der Waals surface area contributed by atoms with E-state index in [1.807, 2.05) is 18.2 Å². The van der Waals surface area contributed by atoms with E-state index in [4.69, 9.17) is 14.4 Å². The average Bonchev–Trinajstić information content (AvgIpc) is 3.52. The van der Waals surface area contributed by atoms with Gasteiger partial charge in [0, 0.05) is 27.5 Å². The largest absolute Gasteiger partial charge is 0.456 e. The molecule has 220 valence electrons. The Morgan fingerprint density at radius 3 is 1.74 bits per heavy atom. The molecule has 47 heavy (non-hydrogen) atoms. The summed E-state index contributed by atoms with van der Waals surface area (Å²) in [6, 6.07) is 50.5. The predicted octanol–water partition coefficient (Wildman–Crippen LogP) is 10.7. The number of furan rings is 1. The molecule has 0 spiro atoms. The van der Waals surface area contributed by atoms with Crippen LogP contribution in [0.5, 0.6) is 0 Å². The first-order valence-electron chi connectivity index (χ1n) is 15.5. The molecule has 3 heterocycles. The first-order chi connectivity index (χ1) is 23.2. The van der Waals surface area contributed by atoms with E-state index in [0.29, 0.717) is 5.82 Å². The average molecular weight is 603 g/mol. The molecule has 3 aromatic heterocycles. The second kappa shape index (κ2) is 11.2. The summed E-state index contributed by atoms with van der Waals surface area (Å²) >= 11 is 0. The zero-order chi connectivity index (χ0) is 31.2. The van der Waals surface area contributed by atoms with Crippen molar-refractivity contribution in [2.75, 3.05) is 0 Å². The van der Waals surface area contributed by atoms with E-state index >= 15 is 0 Å². The number of aromatic nitrogens is 4. The van der Waals surface area contributed by atoms with Crippen LogP contribution >= 0.6 is 0 Å². The molecule has 0 saturated heterocycles. The number of nitrogens with zero attached hydrogens (tertiary/aromatic N) is 4. The molecule has 9 aromatic rings. The monoisotopic (exact) mass is 602 g/mol. The first kappa shape index (κ1) is 26.9. The third kappa shape index (κ3) is 5.00. The molecular formula is C42H26N4O. The highest BCUT2D eigenvalue weighted by atomic mass is 16.3. The zero-order valence-corrected chi connectivity index (χ0v) is 25.2. The van der Waals surface area contributed by atoms with E-state index in [1.165, 1.54) is 22.1 Å². The molecule has 0 aliphatic carbocycles. The first-order valence-corrected chi connectivity index (χ1v) is 15.5. The van der Waals surface area contributed by atoms with Crippen molar-refractivity contribution in [3.8, 4) is 56.2 Å². The van der Waals surface area contributed by atoms with Crippen molar-refractivity contribution in [3.05, 3.63) is 158 Å². The minimum Gasteiger partial charge on any atom is -0.456 e. The van der Waals surface area contributed by atoms with Gasteiger partial charge < -0.3 is 4.42 Å². The van der Waals surface area contributed by atoms with Crippen LogP contribution in [0.15, 0.2) is 162 Å². The maximum atomic E-state index is 6.37. The van der Waals surface area contributed by atoms with Gasteiger partial charge >= 0.3 is 0 Å². The normalized spacial score (nSPS) is 11.4. The van der Waals surface area contributed by atoms with Crippen LogP contribution < -0.4 is 0 Å². The van der Waals surface area contributed by atoms with E-state index in [1.54, 1.807) is 12.4 Å². The fourth-order valence-electron chi connectivity index (χ4n) is 6.26. The fraction of sp³-hybridized carbons (Fsp3) is 0. The smallest absolute Gasteiger partial charge is 0.162 e. The molecule has 6 aromatic carbocycles. The fourth-order valence-corrected chi connectivity index (χ4v) is 6.26. The lowest BCUT2D eigenvalue weighted by Gasteiger charge is -2.10. The molecule has 0 N–H and O–H groups in total. The molecule has 0 aliphatic heterocycles. The molecule has 0 fully saturated rings. The predicted molar refractivity (Wildman–Crippen MR) is 190 cm³/mol. The molecule has 0 unspecified atom stereocenters.